The molecule has 316 valence electrons. The molecule has 0 radical (unpaired) electrons. The average Bonchev–Trinajstić information content (AvgIpc) is 3.13. The SMILES string of the molecule is CCCCCCCC/C=C\CCCC(O)CC(=O)NC(COP(=O)(O)OCCN)C(O)CCCCCCCCCCCCCCCCCCCCCC. The number of phosphoric ester groups is 1. The van der Waals surface area contributed by atoms with Crippen molar-refractivity contribution in [3.63, 3.8) is 0 Å². The van der Waals surface area contributed by atoms with Crippen molar-refractivity contribution in [2.75, 3.05) is 19.8 Å². The number of hydrogen-bond donors (Lipinski definition) is 5. The molecule has 10 heteroatoms. The highest BCUT2D eigenvalue weighted by Crippen LogP contribution is 2.43. The van der Waals surface area contributed by atoms with Gasteiger partial charge in [0.15, 0.2) is 0 Å². The van der Waals surface area contributed by atoms with E-state index in [2.05, 4.69) is 31.3 Å². The molecule has 0 saturated heterocycles. The molecule has 0 aromatic heterocycles. The van der Waals surface area contributed by atoms with Crippen LogP contribution >= 0.6 is 7.82 Å². The van der Waals surface area contributed by atoms with E-state index < -0.39 is 32.0 Å². The monoisotopic (exact) mass is 775 g/mol. The molecule has 0 heterocycles. The average molecular weight is 775 g/mol. The smallest absolute Gasteiger partial charge is 0.393 e. The molecule has 0 fully saturated rings. The van der Waals surface area contributed by atoms with Crippen molar-refractivity contribution in [2.45, 2.75) is 238 Å². The summed E-state index contributed by atoms with van der Waals surface area (Å²) in [6, 6.07) is -0.901. The van der Waals surface area contributed by atoms with Crippen molar-refractivity contribution in [3.8, 4) is 0 Å². The van der Waals surface area contributed by atoms with Gasteiger partial charge in [0, 0.05) is 6.54 Å². The summed E-state index contributed by atoms with van der Waals surface area (Å²) >= 11 is 0. The Labute approximate surface area is 327 Å². The standard InChI is InChI=1S/C43H87N2O7P/c1-3-5-7-9-11-13-15-16-17-18-19-20-21-22-23-25-27-29-31-33-35-42(47)41(39-52-53(49,50)51-37-36-44)45-43(48)38-40(46)34-32-30-28-26-24-14-12-10-8-6-4-2/h26,28,40-42,46-47H,3-25,27,29-39,44H2,1-2H3,(H,45,48)(H,49,50)/b28-26-. The molecule has 0 saturated carbocycles. The molecular weight excluding hydrogens is 687 g/mol. The summed E-state index contributed by atoms with van der Waals surface area (Å²) < 4.78 is 22.1. The quantitative estimate of drug-likeness (QED) is 0.0233. The van der Waals surface area contributed by atoms with Gasteiger partial charge in [-0.15, -0.1) is 0 Å². The summed E-state index contributed by atoms with van der Waals surface area (Å²) in [5.41, 5.74) is 5.37. The Hall–Kier alpha value is -0.800. The van der Waals surface area contributed by atoms with Gasteiger partial charge < -0.3 is 26.2 Å². The molecule has 0 aliphatic carbocycles. The lowest BCUT2D eigenvalue weighted by atomic mass is 10.0. The van der Waals surface area contributed by atoms with Crippen LogP contribution in [0.3, 0.4) is 0 Å². The van der Waals surface area contributed by atoms with Crippen molar-refractivity contribution < 1.29 is 33.5 Å². The lowest BCUT2D eigenvalue weighted by Crippen LogP contribution is -2.47. The fraction of sp³-hybridized carbons (Fsp3) is 0.930. The zero-order chi connectivity index (χ0) is 39.1. The Morgan fingerprint density at radius 3 is 1.49 bits per heavy atom. The maximum atomic E-state index is 12.8. The van der Waals surface area contributed by atoms with Gasteiger partial charge in [0.1, 0.15) is 0 Å². The van der Waals surface area contributed by atoms with Crippen LogP contribution in [-0.4, -0.2) is 59.0 Å². The van der Waals surface area contributed by atoms with Crippen LogP contribution in [0.1, 0.15) is 219 Å². The Kier molecular flexibility index (Phi) is 38.8. The van der Waals surface area contributed by atoms with Gasteiger partial charge >= 0.3 is 7.82 Å². The van der Waals surface area contributed by atoms with Gasteiger partial charge in [0.25, 0.3) is 0 Å². The minimum atomic E-state index is -4.38. The van der Waals surface area contributed by atoms with Crippen molar-refractivity contribution >= 4 is 13.7 Å². The number of nitrogens with one attached hydrogen (secondary N) is 1. The minimum Gasteiger partial charge on any atom is -0.393 e. The van der Waals surface area contributed by atoms with E-state index in [0.29, 0.717) is 12.8 Å². The van der Waals surface area contributed by atoms with Gasteiger partial charge in [0.2, 0.25) is 5.91 Å². The third-order valence-corrected chi connectivity index (χ3v) is 11.2. The molecule has 53 heavy (non-hydrogen) atoms. The van der Waals surface area contributed by atoms with E-state index in [1.54, 1.807) is 0 Å². The van der Waals surface area contributed by atoms with Crippen LogP contribution in [0.4, 0.5) is 0 Å². The van der Waals surface area contributed by atoms with Crippen molar-refractivity contribution in [2.24, 2.45) is 5.73 Å². The first-order valence-corrected chi connectivity index (χ1v) is 23.9. The molecule has 9 nitrogen and oxygen atoms in total. The van der Waals surface area contributed by atoms with Gasteiger partial charge in [-0.25, -0.2) is 4.57 Å². The van der Waals surface area contributed by atoms with E-state index in [0.717, 1.165) is 38.5 Å². The highest BCUT2D eigenvalue weighted by Gasteiger charge is 2.28. The number of unbranched alkanes of at least 4 members (excludes halogenated alkanes) is 26. The summed E-state index contributed by atoms with van der Waals surface area (Å²) in [4.78, 5) is 22.7. The van der Waals surface area contributed by atoms with E-state index in [1.807, 2.05) is 0 Å². The number of amides is 1. The van der Waals surface area contributed by atoms with Crippen LogP contribution < -0.4 is 11.1 Å². The first-order valence-electron chi connectivity index (χ1n) is 22.4. The lowest BCUT2D eigenvalue weighted by molar-refractivity contribution is -0.125. The molecule has 1 amide bonds. The highest BCUT2D eigenvalue weighted by molar-refractivity contribution is 7.47. The van der Waals surface area contributed by atoms with Gasteiger partial charge in [-0.05, 0) is 38.5 Å². The van der Waals surface area contributed by atoms with Crippen molar-refractivity contribution in [1.29, 1.82) is 0 Å². The van der Waals surface area contributed by atoms with Crippen LogP contribution in [0.2, 0.25) is 0 Å². The molecule has 0 aliphatic heterocycles. The first kappa shape index (κ1) is 52.2. The normalized spacial score (nSPS) is 14.8. The third kappa shape index (κ3) is 37.9. The van der Waals surface area contributed by atoms with Crippen LogP contribution in [-0.2, 0) is 18.4 Å². The van der Waals surface area contributed by atoms with Gasteiger partial charge in [-0.3, -0.25) is 13.8 Å². The van der Waals surface area contributed by atoms with E-state index in [4.69, 9.17) is 14.8 Å². The third-order valence-electron chi connectivity index (χ3n) is 10.2. The van der Waals surface area contributed by atoms with Crippen LogP contribution in [0.25, 0.3) is 0 Å². The molecule has 4 unspecified atom stereocenters. The van der Waals surface area contributed by atoms with Crippen molar-refractivity contribution in [1.82, 2.24) is 5.32 Å². The second kappa shape index (κ2) is 39.4. The molecule has 6 N–H and O–H groups in total. The van der Waals surface area contributed by atoms with Gasteiger partial charge in [0.05, 0.1) is 37.9 Å². The minimum absolute atomic E-state index is 0.0585. The number of aliphatic hydroxyl groups is 2. The summed E-state index contributed by atoms with van der Waals surface area (Å²) in [5.74, 6) is -0.428. The number of phosphoric acid groups is 1. The number of aliphatic hydroxyl groups excluding tert-OH is 2. The van der Waals surface area contributed by atoms with Gasteiger partial charge in [-0.1, -0.05) is 187 Å². The second-order valence-electron chi connectivity index (χ2n) is 15.5. The largest absolute Gasteiger partial charge is 0.472 e. The number of hydrogen-bond acceptors (Lipinski definition) is 7. The molecular formula is C43H87N2O7P. The number of carbonyl (C=O) groups excluding carboxylic acids is 1. The second-order valence-corrected chi connectivity index (χ2v) is 16.9. The van der Waals surface area contributed by atoms with Gasteiger partial charge in [-0.2, -0.15) is 0 Å². The topological polar surface area (TPSA) is 151 Å². The predicted octanol–water partition coefficient (Wildman–Crippen LogP) is 11.4. The summed E-state index contributed by atoms with van der Waals surface area (Å²) in [6.07, 6.45) is 39.8. The molecule has 0 aliphatic rings. The molecule has 4 atom stereocenters. The van der Waals surface area contributed by atoms with E-state index >= 15 is 0 Å². The number of nitrogens with two attached hydrogens (primary N) is 1. The fourth-order valence-electron chi connectivity index (χ4n) is 6.77. The lowest BCUT2D eigenvalue weighted by Gasteiger charge is -2.25. The molecule has 0 spiro atoms. The maximum Gasteiger partial charge on any atom is 0.472 e. The van der Waals surface area contributed by atoms with E-state index in [-0.39, 0.29) is 26.2 Å². The summed E-state index contributed by atoms with van der Waals surface area (Å²) in [5, 5.41) is 24.1. The summed E-state index contributed by atoms with van der Waals surface area (Å²) in [6.45, 7) is 4.03. The Morgan fingerprint density at radius 2 is 1.04 bits per heavy atom. The summed E-state index contributed by atoms with van der Waals surface area (Å²) in [7, 11) is -4.38. The zero-order valence-corrected chi connectivity index (χ0v) is 35.5. The number of allylic oxidation sites excluding steroid dienone is 2. The number of rotatable bonds is 42. The van der Waals surface area contributed by atoms with E-state index in [9.17, 15) is 24.5 Å². The molecule has 0 aromatic rings. The molecule has 0 aromatic carbocycles. The van der Waals surface area contributed by atoms with Crippen molar-refractivity contribution in [3.05, 3.63) is 12.2 Å². The predicted molar refractivity (Wildman–Crippen MR) is 223 cm³/mol. The van der Waals surface area contributed by atoms with E-state index in [1.165, 1.54) is 148 Å². The molecule has 0 bridgehead atoms. The van der Waals surface area contributed by atoms with Crippen LogP contribution in [0.5, 0.6) is 0 Å². The number of carbonyl (C=O) groups is 1. The molecule has 0 rings (SSSR count). The Balaban J connectivity index is 4.22. The Bertz CT molecular complexity index is 862. The highest BCUT2D eigenvalue weighted by atomic mass is 31.2. The van der Waals surface area contributed by atoms with Crippen LogP contribution in [0.15, 0.2) is 12.2 Å². The first-order chi connectivity index (χ1) is 25.8. The zero-order valence-electron chi connectivity index (χ0n) is 34.6. The Morgan fingerprint density at radius 1 is 0.623 bits per heavy atom. The van der Waals surface area contributed by atoms with Crippen LogP contribution in [0, 0.1) is 0 Å². The fourth-order valence-corrected chi connectivity index (χ4v) is 7.53. The maximum absolute atomic E-state index is 12.8.